The number of ether oxygens (including phenoxy) is 4. The van der Waals surface area contributed by atoms with Crippen LogP contribution in [0.2, 0.25) is 10.0 Å². The second-order valence-electron chi connectivity index (χ2n) is 28.6. The highest BCUT2D eigenvalue weighted by molar-refractivity contribution is 7.93. The van der Waals surface area contributed by atoms with Crippen LogP contribution in [-0.4, -0.2) is 120 Å². The molecule has 0 spiro atoms. The van der Waals surface area contributed by atoms with Crippen molar-refractivity contribution in [1.82, 2.24) is 9.80 Å². The number of carbonyl (C=O) groups excluding carboxylic acids is 4. The number of carbonyl (C=O) groups is 4. The Morgan fingerprint density at radius 1 is 0.522 bits per heavy atom. The number of aromatic hydroxyl groups is 3. The highest BCUT2D eigenvalue weighted by Gasteiger charge is 2.30. The molecule has 0 saturated carbocycles. The lowest BCUT2D eigenvalue weighted by Gasteiger charge is -2.22. The first-order valence-electron chi connectivity index (χ1n) is 39.4. The lowest BCUT2D eigenvalue weighted by molar-refractivity contribution is -0.123. The van der Waals surface area contributed by atoms with Gasteiger partial charge in [0.2, 0.25) is 5.91 Å². The summed E-state index contributed by atoms with van der Waals surface area (Å²) in [6, 6.07) is 30.3. The molecule has 24 nitrogen and oxygen atoms in total. The first-order valence-corrected chi connectivity index (χ1v) is 44.1. The molecule has 0 aliphatic rings. The van der Waals surface area contributed by atoms with Crippen LogP contribution in [0.4, 0.5) is 28.4 Å². The molecule has 0 fully saturated rings. The number of phenolic OH excluding ortho intramolecular Hbond substituents is 3. The van der Waals surface area contributed by atoms with E-state index in [1.54, 1.807) is 84.3 Å². The summed E-state index contributed by atoms with van der Waals surface area (Å²) in [4.78, 5) is 59.7. The number of unbranched alkanes of at least 4 members (excludes halogenated alkanes) is 14. The second kappa shape index (κ2) is 50.1. The second-order valence-corrected chi connectivity index (χ2v) is 33.3. The lowest BCUT2D eigenvalue weighted by Crippen LogP contribution is -2.34. The number of methoxy groups -OCH3 is 2. The Kier molecular flexibility index (Phi) is 42.3. The molecule has 7 aromatic carbocycles. The van der Waals surface area contributed by atoms with Crippen LogP contribution < -0.4 is 39.5 Å². The summed E-state index contributed by atoms with van der Waals surface area (Å²) in [6.07, 6.45) is 21.9. The normalized spacial score (nSPS) is 11.5. The molecular weight excluding hydrogens is 1570 g/mol. The Balaban J connectivity index is 0.000000332. The van der Waals surface area contributed by atoms with Crippen molar-refractivity contribution in [1.29, 1.82) is 0 Å². The summed E-state index contributed by atoms with van der Waals surface area (Å²) < 4.78 is 88.1. The molecule has 7 rings (SSSR count). The fraction of sp³-hybridized carbons (Fsp3) is 0.465. The zero-order valence-electron chi connectivity index (χ0n) is 69.2. The van der Waals surface area contributed by atoms with E-state index in [0.717, 1.165) is 81.8 Å². The van der Waals surface area contributed by atoms with E-state index in [4.69, 9.17) is 51.7 Å². The molecule has 7 aromatic rings. The monoisotopic (exact) mass is 1690 g/mol. The number of amides is 4. The average Bonchev–Trinajstić information content (AvgIpc) is 1.15. The Bertz CT molecular complexity index is 4510. The summed E-state index contributed by atoms with van der Waals surface area (Å²) in [7, 11) is -2.77. The number of phenols is 3. The maximum Gasteiger partial charge on any atom is 0.265 e. The molecule has 8 N–H and O–H groups in total. The number of aryl methyl sites for hydroxylation is 7. The van der Waals surface area contributed by atoms with Gasteiger partial charge in [-0.1, -0.05) is 184 Å². The molecule has 0 saturated heterocycles. The number of nitrogens with zero attached hydrogens (tertiary/aromatic N) is 2. The van der Waals surface area contributed by atoms with Gasteiger partial charge in [0, 0.05) is 46.5 Å². The fourth-order valence-corrected chi connectivity index (χ4v) is 16.2. The Hall–Kier alpha value is -8.59. The van der Waals surface area contributed by atoms with Crippen LogP contribution in [0.5, 0.6) is 34.5 Å². The van der Waals surface area contributed by atoms with Gasteiger partial charge in [0.05, 0.1) is 50.5 Å². The fourth-order valence-electron chi connectivity index (χ4n) is 12.4. The van der Waals surface area contributed by atoms with E-state index < -0.39 is 43.9 Å². The zero-order valence-corrected chi connectivity index (χ0v) is 73.3. The third-order valence-corrected chi connectivity index (χ3v) is 22.7. The highest BCUT2D eigenvalue weighted by Crippen LogP contribution is 2.39. The predicted octanol–water partition coefficient (Wildman–Crippen LogP) is 20.6. The van der Waals surface area contributed by atoms with Gasteiger partial charge in [-0.05, 0) is 185 Å². The molecule has 0 aliphatic carbocycles. The molecule has 2 unspecified atom stereocenters. The Morgan fingerprint density at radius 2 is 1.06 bits per heavy atom. The average molecular weight is 1690 g/mol. The van der Waals surface area contributed by atoms with Gasteiger partial charge in [-0.3, -0.25) is 33.5 Å². The highest BCUT2D eigenvalue weighted by atomic mass is 35.5. The third kappa shape index (κ3) is 31.8. The number of nitrogens with one attached hydrogen (secondary N) is 5. The van der Waals surface area contributed by atoms with Crippen molar-refractivity contribution in [2.75, 3.05) is 73.5 Å². The van der Waals surface area contributed by atoms with Crippen molar-refractivity contribution in [2.45, 2.75) is 226 Å². The first kappa shape index (κ1) is 97.0. The molecule has 632 valence electrons. The van der Waals surface area contributed by atoms with Gasteiger partial charge < -0.3 is 59.8 Å². The van der Waals surface area contributed by atoms with E-state index in [0.29, 0.717) is 59.1 Å². The lowest BCUT2D eigenvalue weighted by atomic mass is 10.00. The molecule has 115 heavy (non-hydrogen) atoms. The van der Waals surface area contributed by atoms with Gasteiger partial charge in [0.15, 0.2) is 26.6 Å². The van der Waals surface area contributed by atoms with Crippen LogP contribution >= 0.6 is 32.2 Å². The van der Waals surface area contributed by atoms with E-state index in [2.05, 4.69) is 58.1 Å². The van der Waals surface area contributed by atoms with Crippen molar-refractivity contribution in [3.63, 3.8) is 0 Å². The minimum atomic E-state index is -4.29. The van der Waals surface area contributed by atoms with E-state index in [-0.39, 0.29) is 111 Å². The van der Waals surface area contributed by atoms with Gasteiger partial charge in [-0.2, -0.15) is 0 Å². The third-order valence-electron chi connectivity index (χ3n) is 18.4. The van der Waals surface area contributed by atoms with Crippen LogP contribution in [0.15, 0.2) is 119 Å². The number of hydrogen-bond donors (Lipinski definition) is 8. The summed E-state index contributed by atoms with van der Waals surface area (Å²) in [6.45, 7) is 19.1. The van der Waals surface area contributed by atoms with Crippen molar-refractivity contribution < 1.29 is 79.8 Å². The quantitative estimate of drug-likeness (QED) is 0.00439. The molecule has 4 amide bonds. The van der Waals surface area contributed by atoms with Crippen LogP contribution in [0.3, 0.4) is 0 Å². The van der Waals surface area contributed by atoms with E-state index in [1.807, 2.05) is 45.0 Å². The van der Waals surface area contributed by atoms with Gasteiger partial charge >= 0.3 is 0 Å². The molecule has 0 aromatic heterocycles. The molecule has 0 bridgehead atoms. The van der Waals surface area contributed by atoms with Crippen LogP contribution in [0.25, 0.3) is 0 Å². The standard InChI is InChI=1S/C37H51N3O6S.C36H57N3O8S.C13H12Cl2NO3P/c1-8-11-13-17-27-20-21-33(28(23-27)18-14-12-9-2)46-32(10-3)36(42)38-31-19-15-16-25(4)35(31)47(44,45)39-29-22-26(5)34(41)30(24-29)37(43)40(6)7;1-7-9-11-12-13-14-15-16-17-18-20-47-30-22-28(4)35(32(24-30)37-33(40)19-10-8-2)48(43,44)38-29-21-27(3)34(41)31(23-29)36(42)39(25-45-5)26-46-6;1-8-3-2-4-10(5-8)18-19-20-16-9-6-11(14)13(17)12(15)7-9/h15-16,19-24,32,39,41H,8-14,17-18H2,1-7H3,(H,38,42);21-24,38,41H,7-20,25-26H2,1-6H3,(H,37,40);2-7,16-17,20H,1H3. The maximum atomic E-state index is 13.9. The maximum absolute atomic E-state index is 13.9. The SMILES string of the molecule is CCCCCCCCCCCCOc1cc(C)c(S(=O)(=O)Nc2cc(C)c(O)c(C(=O)N(COC)COC)c2)c(NC(=O)CCCC)c1.CCCCCc1ccc(OC(CC)C(=O)Nc2cccc(C)c2S(=O)(=O)Nc2cc(C)c(O)c(C(=O)N(C)C)c2)c(CCCCC)c1.Cc1cccc(OOPNc2cc(Cl)c(O)c(Cl)c2)c1. The Morgan fingerprint density at radius 3 is 1.62 bits per heavy atom. The van der Waals surface area contributed by atoms with Crippen molar-refractivity contribution >= 4 is 104 Å². The molecular formula is C86H120Cl2N7O17PS2. The number of anilines is 5. The van der Waals surface area contributed by atoms with Crippen molar-refractivity contribution in [3.05, 3.63) is 169 Å². The number of sulfonamides is 2. The number of rotatable bonds is 46. The zero-order chi connectivity index (χ0) is 84.8. The number of halogens is 2. The predicted molar refractivity (Wildman–Crippen MR) is 462 cm³/mol. The van der Waals surface area contributed by atoms with Crippen LogP contribution in [0, 0.1) is 34.6 Å². The summed E-state index contributed by atoms with van der Waals surface area (Å²) >= 11 is 11.6. The van der Waals surface area contributed by atoms with Crippen LogP contribution in [0.1, 0.15) is 223 Å². The molecule has 0 radical (unpaired) electrons. The van der Waals surface area contributed by atoms with Crippen LogP contribution in [-0.2, 0) is 56.6 Å². The topological polar surface area (TPSA) is 319 Å². The largest absolute Gasteiger partial charge is 0.507 e. The van der Waals surface area contributed by atoms with E-state index in [1.165, 1.54) is 111 Å². The molecule has 29 heteroatoms. The Labute approximate surface area is 693 Å². The van der Waals surface area contributed by atoms with Crippen molar-refractivity contribution in [2.24, 2.45) is 0 Å². The molecule has 0 aliphatic heterocycles. The van der Waals surface area contributed by atoms with Gasteiger partial charge in [-0.25, -0.2) is 16.8 Å². The van der Waals surface area contributed by atoms with E-state index in [9.17, 15) is 51.3 Å². The van der Waals surface area contributed by atoms with Crippen molar-refractivity contribution in [3.8, 4) is 34.5 Å². The van der Waals surface area contributed by atoms with Gasteiger partial charge in [0.1, 0.15) is 46.3 Å². The number of hydrogen-bond acceptors (Lipinski definition) is 18. The summed E-state index contributed by atoms with van der Waals surface area (Å²) in [5.41, 5.74) is 5.71. The minimum Gasteiger partial charge on any atom is -0.507 e. The molecule has 0 heterocycles. The summed E-state index contributed by atoms with van der Waals surface area (Å²) in [5, 5.41) is 39.5. The number of benzene rings is 7. The van der Waals surface area contributed by atoms with Gasteiger partial charge in [-0.15, -0.1) is 4.67 Å². The minimum absolute atomic E-state index is 0.0306. The van der Waals surface area contributed by atoms with E-state index >= 15 is 0 Å². The molecule has 2 atom stereocenters. The smallest absolute Gasteiger partial charge is 0.265 e. The first-order chi connectivity index (χ1) is 54.9. The van der Waals surface area contributed by atoms with Gasteiger partial charge in [0.25, 0.3) is 37.8 Å². The summed E-state index contributed by atoms with van der Waals surface area (Å²) in [5.74, 6) is -0.718.